The van der Waals surface area contributed by atoms with Crippen molar-refractivity contribution in [3.8, 4) is 11.5 Å². The van der Waals surface area contributed by atoms with Crippen molar-refractivity contribution in [3.05, 3.63) is 152 Å². The number of carbonyl (C=O) groups excluding carboxylic acids is 3. The maximum atomic E-state index is 12.7. The number of nitrogens with zero attached hydrogens (tertiary/aromatic N) is 4. The van der Waals surface area contributed by atoms with Crippen LogP contribution in [0.15, 0.2) is 122 Å². The van der Waals surface area contributed by atoms with E-state index in [0.29, 0.717) is 22.2 Å². The van der Waals surface area contributed by atoms with Gasteiger partial charge in [-0.3, -0.25) is 14.4 Å². The minimum atomic E-state index is -0.959. The monoisotopic (exact) mass is 840 g/mol. The van der Waals surface area contributed by atoms with Gasteiger partial charge in [0.2, 0.25) is 10.9 Å². The van der Waals surface area contributed by atoms with E-state index in [-0.39, 0.29) is 48.3 Å². The SMILES string of the molecule is CN1C(=O)[C@@H](N)COc2ccccc21.CN1C(=O)[C@@H](NC(=O)c2ncc(Cc3ccccc3)s2)COc2ccccc21.Cl.O=C(O)c1ncc(Cc2ccccc2)s1. The molecule has 3 amide bonds. The van der Waals surface area contributed by atoms with Gasteiger partial charge in [-0.15, -0.1) is 35.1 Å². The van der Waals surface area contributed by atoms with Crippen molar-refractivity contribution >= 4 is 70.1 Å². The number of anilines is 2. The highest BCUT2D eigenvalue weighted by Gasteiger charge is 2.31. The van der Waals surface area contributed by atoms with Crippen LogP contribution in [-0.2, 0) is 22.4 Å². The van der Waals surface area contributed by atoms with Gasteiger partial charge in [0.05, 0.1) is 11.4 Å². The Bertz CT molecular complexity index is 2330. The Labute approximate surface area is 349 Å². The van der Waals surface area contributed by atoms with Crippen molar-refractivity contribution in [2.24, 2.45) is 5.73 Å². The Morgan fingerprint density at radius 1 is 0.707 bits per heavy atom. The van der Waals surface area contributed by atoms with E-state index in [2.05, 4.69) is 15.3 Å². The van der Waals surface area contributed by atoms with E-state index >= 15 is 0 Å². The van der Waals surface area contributed by atoms with Crippen LogP contribution in [0.25, 0.3) is 0 Å². The highest BCUT2D eigenvalue weighted by molar-refractivity contribution is 7.13. The Balaban J connectivity index is 0.000000180. The number of carboxylic acid groups (broad SMARTS) is 1. The summed E-state index contributed by atoms with van der Waals surface area (Å²) in [6.07, 6.45) is 4.79. The first-order valence-corrected chi connectivity index (χ1v) is 19.5. The fraction of sp³-hybridized carbons (Fsp3) is 0.190. The predicted octanol–water partition coefficient (Wildman–Crippen LogP) is 6.11. The molecule has 0 unspecified atom stereocenters. The van der Waals surface area contributed by atoms with Gasteiger partial charge in [-0.05, 0) is 35.4 Å². The molecule has 0 saturated carbocycles. The largest absolute Gasteiger partial charge is 0.489 e. The number of aromatic carboxylic acids is 1. The zero-order valence-corrected chi connectivity index (χ0v) is 34.0. The number of rotatable bonds is 7. The van der Waals surface area contributed by atoms with Crippen LogP contribution in [0.5, 0.6) is 11.5 Å². The van der Waals surface area contributed by atoms with Crippen molar-refractivity contribution < 1.29 is 33.8 Å². The molecule has 0 aliphatic carbocycles. The molecule has 6 aromatic rings. The van der Waals surface area contributed by atoms with Crippen molar-refractivity contribution in [3.63, 3.8) is 0 Å². The summed E-state index contributed by atoms with van der Waals surface area (Å²) < 4.78 is 11.1. The number of thiazole rings is 2. The number of amides is 3. The van der Waals surface area contributed by atoms with E-state index < -0.39 is 18.1 Å². The molecule has 16 heteroatoms. The van der Waals surface area contributed by atoms with E-state index in [1.165, 1.54) is 32.5 Å². The first-order chi connectivity index (χ1) is 27.6. The van der Waals surface area contributed by atoms with Crippen LogP contribution in [0, 0.1) is 0 Å². The number of nitrogens with two attached hydrogens (primary N) is 1. The van der Waals surface area contributed by atoms with Gasteiger partial charge in [0, 0.05) is 49.1 Å². The second-order valence-corrected chi connectivity index (χ2v) is 15.1. The number of hydrogen-bond donors (Lipinski definition) is 3. The van der Waals surface area contributed by atoms with Crippen molar-refractivity contribution in [2.45, 2.75) is 24.9 Å². The lowest BCUT2D eigenvalue weighted by Crippen LogP contribution is -2.49. The summed E-state index contributed by atoms with van der Waals surface area (Å²) in [6, 6.07) is 33.3. The van der Waals surface area contributed by atoms with Gasteiger partial charge in [-0.1, -0.05) is 84.9 Å². The number of ether oxygens (including phenoxy) is 2. The summed E-state index contributed by atoms with van der Waals surface area (Å²) in [5.41, 5.74) is 9.41. The standard InChI is InChI=1S/C21H19N3O3S.C11H9NO2S.C10H12N2O2.ClH/c1-24-17-9-5-6-10-18(17)27-13-16(21(24)26)23-19(25)20-22-12-15(28-20)11-14-7-3-2-4-8-14;13-11(14)10-12-7-9(15-10)6-8-4-2-1-3-5-8;1-12-8-4-2-3-5-9(8)14-6-7(11)10(12)13;/h2-10,12,16H,11,13H2,1H3,(H,23,25);1-5,7H,6H2,(H,13,14);2-5,7H,6,11H2,1H3;1H/t16-;;7-;/m0.0./s1. The summed E-state index contributed by atoms with van der Waals surface area (Å²) in [6.45, 7) is 0.314. The number of halogens is 1. The van der Waals surface area contributed by atoms with Crippen molar-refractivity contribution in [1.82, 2.24) is 15.3 Å². The number of fused-ring (bicyclic) bond motifs is 2. The fourth-order valence-corrected chi connectivity index (χ4v) is 7.46. The van der Waals surface area contributed by atoms with Gasteiger partial charge in [0.25, 0.3) is 11.8 Å². The third kappa shape index (κ3) is 11.0. The maximum absolute atomic E-state index is 12.7. The molecule has 4 aromatic carbocycles. The van der Waals surface area contributed by atoms with Gasteiger partial charge < -0.3 is 35.4 Å². The highest BCUT2D eigenvalue weighted by Crippen LogP contribution is 2.31. The second kappa shape index (κ2) is 20.3. The average Bonchev–Trinajstić information content (AvgIpc) is 3.87. The van der Waals surface area contributed by atoms with Crippen LogP contribution in [-0.4, -0.2) is 78.2 Å². The normalized spacial score (nSPS) is 15.5. The Morgan fingerprint density at radius 2 is 1.16 bits per heavy atom. The second-order valence-electron chi connectivity index (χ2n) is 12.9. The lowest BCUT2D eigenvalue weighted by molar-refractivity contribution is -0.120. The van der Waals surface area contributed by atoms with Crippen LogP contribution >= 0.6 is 35.1 Å². The topological polar surface area (TPSA) is 177 Å². The molecule has 0 saturated heterocycles. The average molecular weight is 841 g/mol. The van der Waals surface area contributed by atoms with Gasteiger partial charge >= 0.3 is 5.97 Å². The molecule has 2 aliphatic rings. The lowest BCUT2D eigenvalue weighted by atomic mass is 10.1. The number of likely N-dealkylation sites (N-methyl/N-ethyl adjacent to an activating group) is 2. The van der Waals surface area contributed by atoms with E-state index in [1.807, 2.05) is 103 Å². The summed E-state index contributed by atoms with van der Waals surface area (Å²) in [7, 11) is 3.38. The smallest absolute Gasteiger partial charge is 0.365 e. The zero-order chi connectivity index (χ0) is 40.3. The minimum absolute atomic E-state index is 0. The number of nitrogens with one attached hydrogen (secondary N) is 1. The number of hydrogen-bond acceptors (Lipinski definition) is 11. The molecule has 0 radical (unpaired) electrons. The lowest BCUT2D eigenvalue weighted by Gasteiger charge is -2.19. The summed E-state index contributed by atoms with van der Waals surface area (Å²) in [5, 5.41) is 12.0. The van der Waals surface area contributed by atoms with E-state index in [9.17, 15) is 19.2 Å². The summed E-state index contributed by atoms with van der Waals surface area (Å²) in [5.74, 6) is -0.343. The molecule has 2 atom stereocenters. The van der Waals surface area contributed by atoms with Crippen molar-refractivity contribution in [1.29, 1.82) is 0 Å². The third-order valence-corrected chi connectivity index (χ3v) is 10.8. The molecule has 8 rings (SSSR count). The van der Waals surface area contributed by atoms with Gasteiger partial charge in [-0.25, -0.2) is 14.8 Å². The molecule has 0 fully saturated rings. The van der Waals surface area contributed by atoms with Gasteiger partial charge in [-0.2, -0.15) is 0 Å². The van der Waals surface area contributed by atoms with Gasteiger partial charge in [0.1, 0.15) is 36.8 Å². The van der Waals surface area contributed by atoms with Gasteiger partial charge in [0.15, 0.2) is 5.01 Å². The molecule has 0 bridgehead atoms. The molecule has 2 aromatic heterocycles. The quantitative estimate of drug-likeness (QED) is 0.170. The zero-order valence-electron chi connectivity index (χ0n) is 31.5. The van der Waals surface area contributed by atoms with Crippen LogP contribution in [0.2, 0.25) is 0 Å². The maximum Gasteiger partial charge on any atom is 0.365 e. The highest BCUT2D eigenvalue weighted by atomic mass is 35.5. The Kier molecular flexibility index (Phi) is 15.1. The third-order valence-electron chi connectivity index (χ3n) is 8.79. The molecular weight excluding hydrogens is 800 g/mol. The molecule has 0 spiro atoms. The van der Waals surface area contributed by atoms with E-state index in [1.54, 1.807) is 32.6 Å². The van der Waals surface area contributed by atoms with E-state index in [0.717, 1.165) is 39.4 Å². The summed E-state index contributed by atoms with van der Waals surface area (Å²) in [4.78, 5) is 60.7. The van der Waals surface area contributed by atoms with Crippen LogP contribution in [0.3, 0.4) is 0 Å². The van der Waals surface area contributed by atoms with Crippen LogP contribution in [0.4, 0.5) is 11.4 Å². The van der Waals surface area contributed by atoms with E-state index in [4.69, 9.17) is 20.3 Å². The van der Waals surface area contributed by atoms with Crippen LogP contribution < -0.4 is 30.3 Å². The number of benzene rings is 4. The molecular formula is C42H41ClN6O7S2. The molecule has 4 heterocycles. The number of para-hydroxylation sites is 4. The summed E-state index contributed by atoms with van der Waals surface area (Å²) >= 11 is 2.56. The first kappa shape index (κ1) is 43.0. The molecule has 13 nitrogen and oxygen atoms in total. The fourth-order valence-electron chi connectivity index (χ4n) is 5.83. The molecule has 300 valence electrons. The molecule has 58 heavy (non-hydrogen) atoms. The molecule has 4 N–H and O–H groups in total. The Hall–Kier alpha value is -6.13. The predicted molar refractivity (Wildman–Crippen MR) is 227 cm³/mol. The van der Waals surface area contributed by atoms with Crippen molar-refractivity contribution in [2.75, 3.05) is 37.1 Å². The number of carbonyl (C=O) groups is 4. The number of aromatic nitrogens is 2. The molecule has 2 aliphatic heterocycles. The number of carboxylic acids is 1. The van der Waals surface area contributed by atoms with Crippen LogP contribution in [0.1, 0.15) is 40.5 Å². The first-order valence-electron chi connectivity index (χ1n) is 17.8. The minimum Gasteiger partial charge on any atom is -0.489 e. The Morgan fingerprint density at radius 3 is 1.67 bits per heavy atom.